The number of carbonyl (C=O) groups is 1. The molecule has 27 heavy (non-hydrogen) atoms. The molecule has 1 atom stereocenters. The van der Waals surface area contributed by atoms with E-state index in [1.165, 1.54) is 11.1 Å². The molecule has 1 aliphatic rings. The maximum absolute atomic E-state index is 12.2. The van der Waals surface area contributed by atoms with Gasteiger partial charge in [0.15, 0.2) is 5.82 Å². The highest BCUT2D eigenvalue weighted by Crippen LogP contribution is 2.31. The molecule has 1 heterocycles. The fourth-order valence-electron chi connectivity index (χ4n) is 3.33. The van der Waals surface area contributed by atoms with Gasteiger partial charge in [-0.25, -0.2) is 0 Å². The van der Waals surface area contributed by atoms with Gasteiger partial charge in [0.1, 0.15) is 0 Å². The number of fused-ring (bicyclic) bond motifs is 1. The summed E-state index contributed by atoms with van der Waals surface area (Å²) in [4.78, 5) is 16.6. The van der Waals surface area contributed by atoms with Gasteiger partial charge in [-0.3, -0.25) is 4.79 Å². The zero-order valence-corrected chi connectivity index (χ0v) is 15.4. The van der Waals surface area contributed by atoms with Crippen molar-refractivity contribution < 1.29 is 9.32 Å². The zero-order chi connectivity index (χ0) is 18.8. The van der Waals surface area contributed by atoms with Gasteiger partial charge in [-0.2, -0.15) is 4.98 Å². The van der Waals surface area contributed by atoms with Crippen molar-refractivity contribution in [3.8, 4) is 11.5 Å². The minimum Gasteiger partial charge on any atom is -0.334 e. The Morgan fingerprint density at radius 1 is 1.30 bits per heavy atom. The Kier molecular flexibility index (Phi) is 4.92. The fourth-order valence-corrected chi connectivity index (χ4v) is 3.51. The van der Waals surface area contributed by atoms with Crippen molar-refractivity contribution in [2.45, 2.75) is 31.7 Å². The van der Waals surface area contributed by atoms with Crippen LogP contribution >= 0.6 is 11.6 Å². The Bertz CT molecular complexity index is 986. The van der Waals surface area contributed by atoms with Gasteiger partial charge in [0.2, 0.25) is 5.91 Å². The number of anilines is 1. The van der Waals surface area contributed by atoms with E-state index in [0.717, 1.165) is 24.8 Å². The van der Waals surface area contributed by atoms with Gasteiger partial charge in [0.25, 0.3) is 5.89 Å². The summed E-state index contributed by atoms with van der Waals surface area (Å²) in [5.41, 5.74) is 9.97. The van der Waals surface area contributed by atoms with E-state index in [9.17, 15) is 4.79 Å². The third kappa shape index (κ3) is 3.86. The molecule has 0 aliphatic heterocycles. The molecule has 0 bridgehead atoms. The Labute approximate surface area is 161 Å². The molecule has 0 saturated carbocycles. The summed E-state index contributed by atoms with van der Waals surface area (Å²) >= 11 is 6.05. The van der Waals surface area contributed by atoms with E-state index in [0.29, 0.717) is 22.4 Å². The first kappa shape index (κ1) is 17.7. The largest absolute Gasteiger partial charge is 0.334 e. The molecule has 4 rings (SSSR count). The van der Waals surface area contributed by atoms with Crippen molar-refractivity contribution in [2.75, 3.05) is 5.32 Å². The molecular weight excluding hydrogens is 364 g/mol. The number of carbonyl (C=O) groups excluding carboxylic acids is 1. The van der Waals surface area contributed by atoms with Crippen LogP contribution in [0.5, 0.6) is 0 Å². The summed E-state index contributed by atoms with van der Waals surface area (Å²) < 4.78 is 5.34. The predicted octanol–water partition coefficient (Wildman–Crippen LogP) is 3.91. The van der Waals surface area contributed by atoms with Crippen LogP contribution in [-0.2, 0) is 17.6 Å². The Morgan fingerprint density at radius 2 is 2.15 bits per heavy atom. The van der Waals surface area contributed by atoms with Crippen molar-refractivity contribution in [3.05, 3.63) is 64.4 Å². The van der Waals surface area contributed by atoms with Crippen molar-refractivity contribution >= 4 is 23.2 Å². The molecule has 1 amide bonds. The van der Waals surface area contributed by atoms with Crippen molar-refractivity contribution in [3.63, 3.8) is 0 Å². The second-order valence-corrected chi connectivity index (χ2v) is 7.04. The van der Waals surface area contributed by atoms with E-state index >= 15 is 0 Å². The van der Waals surface area contributed by atoms with Crippen LogP contribution in [0.1, 0.15) is 35.8 Å². The summed E-state index contributed by atoms with van der Waals surface area (Å²) in [5, 5.41) is 7.14. The highest BCUT2D eigenvalue weighted by molar-refractivity contribution is 6.33. The third-order valence-electron chi connectivity index (χ3n) is 4.69. The molecular formula is C20H19ClN4O2. The van der Waals surface area contributed by atoms with Gasteiger partial charge in [0, 0.05) is 11.6 Å². The second kappa shape index (κ2) is 7.50. The number of halogens is 1. The standard InChI is InChI=1S/C20H19ClN4O2/c21-15-5-1-2-7-17(15)23-19(26)11-18-24-20(27-25-18)13-8-9-14-12(10-13)4-3-6-16(14)22/h1-2,5,7-10,16H,3-4,6,11,22H2,(H,23,26). The minimum atomic E-state index is -0.258. The molecule has 0 fully saturated rings. The molecule has 3 aromatic rings. The number of nitrogens with one attached hydrogen (secondary N) is 1. The number of hydrogen-bond acceptors (Lipinski definition) is 5. The molecule has 0 saturated heterocycles. The smallest absolute Gasteiger partial charge is 0.257 e. The van der Waals surface area contributed by atoms with E-state index in [-0.39, 0.29) is 18.4 Å². The van der Waals surface area contributed by atoms with Crippen LogP contribution in [0.15, 0.2) is 47.0 Å². The summed E-state index contributed by atoms with van der Waals surface area (Å²) in [6.07, 6.45) is 3.09. The first-order chi connectivity index (χ1) is 13.1. The highest BCUT2D eigenvalue weighted by atomic mass is 35.5. The van der Waals surface area contributed by atoms with Crippen LogP contribution in [0.2, 0.25) is 5.02 Å². The van der Waals surface area contributed by atoms with Gasteiger partial charge in [-0.15, -0.1) is 0 Å². The number of nitrogens with two attached hydrogens (primary N) is 1. The van der Waals surface area contributed by atoms with E-state index in [1.54, 1.807) is 24.3 Å². The quantitative estimate of drug-likeness (QED) is 0.713. The number of aromatic nitrogens is 2. The topological polar surface area (TPSA) is 94.0 Å². The fraction of sp³-hybridized carbons (Fsp3) is 0.250. The predicted molar refractivity (Wildman–Crippen MR) is 103 cm³/mol. The molecule has 1 aromatic heterocycles. The average Bonchev–Trinajstić information content (AvgIpc) is 3.12. The van der Waals surface area contributed by atoms with Crippen LogP contribution in [-0.4, -0.2) is 16.0 Å². The first-order valence-corrected chi connectivity index (χ1v) is 9.23. The molecule has 0 spiro atoms. The SMILES string of the molecule is NC1CCCc2cc(-c3nc(CC(=O)Nc4ccccc4Cl)no3)ccc21. The summed E-state index contributed by atoms with van der Waals surface area (Å²) in [6.45, 7) is 0. The first-order valence-electron chi connectivity index (χ1n) is 8.86. The molecule has 138 valence electrons. The molecule has 2 aromatic carbocycles. The van der Waals surface area contributed by atoms with Crippen LogP contribution in [0.3, 0.4) is 0 Å². The molecule has 1 unspecified atom stereocenters. The summed E-state index contributed by atoms with van der Waals surface area (Å²) in [6, 6.07) is 13.2. The zero-order valence-electron chi connectivity index (χ0n) is 14.6. The van der Waals surface area contributed by atoms with Crippen LogP contribution in [0, 0.1) is 0 Å². The molecule has 1 aliphatic carbocycles. The lowest BCUT2D eigenvalue weighted by Gasteiger charge is -2.22. The van der Waals surface area contributed by atoms with Crippen LogP contribution in [0.25, 0.3) is 11.5 Å². The van der Waals surface area contributed by atoms with Gasteiger partial charge in [-0.05, 0) is 54.7 Å². The lowest BCUT2D eigenvalue weighted by Crippen LogP contribution is -2.17. The van der Waals surface area contributed by atoms with Crippen LogP contribution in [0.4, 0.5) is 5.69 Å². The number of para-hydroxylation sites is 1. The number of aryl methyl sites for hydroxylation is 1. The number of nitrogens with zero attached hydrogens (tertiary/aromatic N) is 2. The lowest BCUT2D eigenvalue weighted by molar-refractivity contribution is -0.115. The van der Waals surface area contributed by atoms with Gasteiger partial charge in [0.05, 0.1) is 17.1 Å². The Morgan fingerprint density at radius 3 is 3.00 bits per heavy atom. The van der Waals surface area contributed by atoms with Crippen molar-refractivity contribution in [1.82, 2.24) is 10.1 Å². The number of amides is 1. The number of rotatable bonds is 4. The Hall–Kier alpha value is -2.70. The normalized spacial score (nSPS) is 16.0. The van der Waals surface area contributed by atoms with Crippen molar-refractivity contribution in [1.29, 1.82) is 0 Å². The number of benzene rings is 2. The highest BCUT2D eigenvalue weighted by Gasteiger charge is 2.19. The lowest BCUT2D eigenvalue weighted by atomic mass is 9.87. The minimum absolute atomic E-state index is 0.00450. The van der Waals surface area contributed by atoms with E-state index in [4.69, 9.17) is 21.9 Å². The summed E-state index contributed by atoms with van der Waals surface area (Å²) in [5.74, 6) is 0.466. The van der Waals surface area contributed by atoms with Gasteiger partial charge < -0.3 is 15.6 Å². The monoisotopic (exact) mass is 382 g/mol. The molecule has 3 N–H and O–H groups in total. The van der Waals surface area contributed by atoms with Gasteiger partial charge >= 0.3 is 0 Å². The van der Waals surface area contributed by atoms with E-state index in [1.807, 2.05) is 12.1 Å². The second-order valence-electron chi connectivity index (χ2n) is 6.63. The maximum atomic E-state index is 12.2. The van der Waals surface area contributed by atoms with Crippen LogP contribution < -0.4 is 11.1 Å². The van der Waals surface area contributed by atoms with Crippen molar-refractivity contribution in [2.24, 2.45) is 5.73 Å². The third-order valence-corrected chi connectivity index (χ3v) is 5.01. The van der Waals surface area contributed by atoms with E-state index < -0.39 is 0 Å². The summed E-state index contributed by atoms with van der Waals surface area (Å²) in [7, 11) is 0. The van der Waals surface area contributed by atoms with E-state index in [2.05, 4.69) is 21.5 Å². The van der Waals surface area contributed by atoms with Gasteiger partial charge in [-0.1, -0.05) is 35.0 Å². The average molecular weight is 383 g/mol. The molecule has 0 radical (unpaired) electrons. The molecule has 7 heteroatoms. The maximum Gasteiger partial charge on any atom is 0.257 e. The number of hydrogen-bond donors (Lipinski definition) is 2. The Balaban J connectivity index is 1.47. The molecule has 6 nitrogen and oxygen atoms in total.